The minimum Gasteiger partial charge on any atom is -0.363 e. The molecule has 0 aliphatic heterocycles. The molecule has 0 bridgehead atoms. The van der Waals surface area contributed by atoms with Crippen LogP contribution in [0.25, 0.3) is 0 Å². The first-order valence-corrected chi connectivity index (χ1v) is 6.82. The Morgan fingerprint density at radius 2 is 1.79 bits per heavy atom. The standard InChI is InChI=1S/C13H12Cl3N3/c1-7(9-3-4-10(14)11(15)5-9)17-13-6-12(16)18-8(2)19-13/h3-7H,1-2H3,(H,17,18,19)/t7-/m0/s1. The first-order chi connectivity index (χ1) is 8.95. The molecule has 100 valence electrons. The van der Waals surface area contributed by atoms with Crippen molar-refractivity contribution >= 4 is 40.6 Å². The van der Waals surface area contributed by atoms with Crippen LogP contribution in [0.5, 0.6) is 0 Å². The van der Waals surface area contributed by atoms with Crippen LogP contribution in [0.4, 0.5) is 5.82 Å². The van der Waals surface area contributed by atoms with Gasteiger partial charge < -0.3 is 5.32 Å². The van der Waals surface area contributed by atoms with Crippen molar-refractivity contribution in [2.75, 3.05) is 5.32 Å². The molecule has 2 rings (SSSR count). The quantitative estimate of drug-likeness (QED) is 0.817. The predicted octanol–water partition coefficient (Wildman–Crippen LogP) is 4.92. The number of aryl methyl sites for hydroxylation is 1. The minimum absolute atomic E-state index is 0.0279. The average Bonchev–Trinajstić information content (AvgIpc) is 2.31. The van der Waals surface area contributed by atoms with Crippen LogP contribution in [0.15, 0.2) is 24.3 Å². The van der Waals surface area contributed by atoms with E-state index in [4.69, 9.17) is 34.8 Å². The summed E-state index contributed by atoms with van der Waals surface area (Å²) in [6.45, 7) is 3.80. The number of rotatable bonds is 3. The number of halogens is 3. The number of benzene rings is 1. The molecule has 0 spiro atoms. The molecule has 0 unspecified atom stereocenters. The number of nitrogens with one attached hydrogen (secondary N) is 1. The Bertz CT molecular complexity index is 581. The maximum atomic E-state index is 6.00. The van der Waals surface area contributed by atoms with Gasteiger partial charge in [-0.3, -0.25) is 0 Å². The van der Waals surface area contributed by atoms with E-state index in [9.17, 15) is 0 Å². The Morgan fingerprint density at radius 3 is 2.42 bits per heavy atom. The fourth-order valence-corrected chi connectivity index (χ4v) is 2.22. The molecule has 0 fully saturated rings. The third-order valence-corrected chi connectivity index (χ3v) is 3.55. The molecule has 0 amide bonds. The summed E-state index contributed by atoms with van der Waals surface area (Å²) in [5.41, 5.74) is 1.02. The van der Waals surface area contributed by atoms with Crippen LogP contribution < -0.4 is 5.32 Å². The van der Waals surface area contributed by atoms with E-state index in [1.807, 2.05) is 19.1 Å². The van der Waals surface area contributed by atoms with Gasteiger partial charge in [0.2, 0.25) is 0 Å². The number of nitrogens with zero attached hydrogens (tertiary/aromatic N) is 2. The molecule has 19 heavy (non-hydrogen) atoms. The first kappa shape index (κ1) is 14.4. The lowest BCUT2D eigenvalue weighted by molar-refractivity contribution is 0.867. The third kappa shape index (κ3) is 3.72. The van der Waals surface area contributed by atoms with Crippen molar-refractivity contribution in [3.05, 3.63) is 50.9 Å². The molecule has 1 aromatic carbocycles. The Balaban J connectivity index is 2.20. The molecule has 1 aromatic heterocycles. The zero-order chi connectivity index (χ0) is 14.0. The smallest absolute Gasteiger partial charge is 0.134 e. The van der Waals surface area contributed by atoms with Crippen LogP contribution in [0.3, 0.4) is 0 Å². The van der Waals surface area contributed by atoms with E-state index < -0.39 is 0 Å². The van der Waals surface area contributed by atoms with Gasteiger partial charge in [-0.2, -0.15) is 0 Å². The minimum atomic E-state index is 0.0279. The summed E-state index contributed by atoms with van der Waals surface area (Å²) < 4.78 is 0. The maximum absolute atomic E-state index is 6.00. The van der Waals surface area contributed by atoms with Crippen LogP contribution in [0.2, 0.25) is 15.2 Å². The van der Waals surface area contributed by atoms with E-state index in [1.54, 1.807) is 19.1 Å². The second kappa shape index (κ2) is 5.95. The lowest BCUT2D eigenvalue weighted by Crippen LogP contribution is -2.09. The average molecular weight is 317 g/mol. The SMILES string of the molecule is Cc1nc(Cl)cc(N[C@@H](C)c2ccc(Cl)c(Cl)c2)n1. The summed E-state index contributed by atoms with van der Waals surface area (Å²) in [6.07, 6.45) is 0. The number of aromatic nitrogens is 2. The van der Waals surface area contributed by atoms with Gasteiger partial charge >= 0.3 is 0 Å². The third-order valence-electron chi connectivity index (χ3n) is 2.61. The van der Waals surface area contributed by atoms with E-state index in [0.717, 1.165) is 5.56 Å². The lowest BCUT2D eigenvalue weighted by Gasteiger charge is -2.16. The number of hydrogen-bond acceptors (Lipinski definition) is 3. The topological polar surface area (TPSA) is 37.8 Å². The highest BCUT2D eigenvalue weighted by Crippen LogP contribution is 2.27. The van der Waals surface area contributed by atoms with E-state index in [2.05, 4.69) is 15.3 Å². The van der Waals surface area contributed by atoms with Gasteiger partial charge in [0.1, 0.15) is 16.8 Å². The largest absolute Gasteiger partial charge is 0.363 e. The molecule has 6 heteroatoms. The molecule has 1 N–H and O–H groups in total. The van der Waals surface area contributed by atoms with Crippen molar-refractivity contribution in [2.24, 2.45) is 0 Å². The molecule has 0 radical (unpaired) electrons. The van der Waals surface area contributed by atoms with Crippen molar-refractivity contribution in [3.63, 3.8) is 0 Å². The van der Waals surface area contributed by atoms with Gasteiger partial charge in [-0.15, -0.1) is 0 Å². The molecule has 0 saturated heterocycles. The van der Waals surface area contributed by atoms with Gasteiger partial charge in [0.15, 0.2) is 0 Å². The number of anilines is 1. The Labute approximate surface area is 126 Å². The summed E-state index contributed by atoms with van der Waals surface area (Å²) >= 11 is 17.8. The molecular formula is C13H12Cl3N3. The fourth-order valence-electron chi connectivity index (χ4n) is 1.69. The normalized spacial score (nSPS) is 12.3. The molecule has 3 nitrogen and oxygen atoms in total. The van der Waals surface area contributed by atoms with Crippen LogP contribution in [-0.4, -0.2) is 9.97 Å². The first-order valence-electron chi connectivity index (χ1n) is 5.68. The van der Waals surface area contributed by atoms with E-state index in [-0.39, 0.29) is 6.04 Å². The van der Waals surface area contributed by atoms with Gasteiger partial charge in [-0.05, 0) is 31.5 Å². The van der Waals surface area contributed by atoms with Crippen molar-refractivity contribution in [1.82, 2.24) is 9.97 Å². The Kier molecular flexibility index (Phi) is 4.50. The second-order valence-corrected chi connectivity index (χ2v) is 5.36. The summed E-state index contributed by atoms with van der Waals surface area (Å²) in [5.74, 6) is 1.30. The zero-order valence-electron chi connectivity index (χ0n) is 10.4. The molecule has 0 aliphatic carbocycles. The van der Waals surface area contributed by atoms with Gasteiger partial charge in [-0.25, -0.2) is 9.97 Å². The summed E-state index contributed by atoms with van der Waals surface area (Å²) in [5, 5.41) is 4.73. The van der Waals surface area contributed by atoms with Gasteiger partial charge in [0.25, 0.3) is 0 Å². The molecule has 0 saturated carbocycles. The molecule has 1 atom stereocenters. The molecule has 1 heterocycles. The summed E-state index contributed by atoms with van der Waals surface area (Å²) in [4.78, 5) is 8.29. The Morgan fingerprint density at radius 1 is 1.05 bits per heavy atom. The highest BCUT2D eigenvalue weighted by atomic mass is 35.5. The number of hydrogen-bond donors (Lipinski definition) is 1. The highest BCUT2D eigenvalue weighted by molar-refractivity contribution is 6.42. The fraction of sp³-hybridized carbons (Fsp3) is 0.231. The van der Waals surface area contributed by atoms with Gasteiger partial charge in [0.05, 0.1) is 10.0 Å². The van der Waals surface area contributed by atoms with Crippen LogP contribution >= 0.6 is 34.8 Å². The van der Waals surface area contributed by atoms with Crippen LogP contribution in [0.1, 0.15) is 24.4 Å². The second-order valence-electron chi connectivity index (χ2n) is 4.16. The Hall–Kier alpha value is -1.03. The van der Waals surface area contributed by atoms with Gasteiger partial charge in [-0.1, -0.05) is 40.9 Å². The monoisotopic (exact) mass is 315 g/mol. The summed E-state index contributed by atoms with van der Waals surface area (Å²) in [6, 6.07) is 7.23. The van der Waals surface area contributed by atoms with Crippen molar-refractivity contribution in [2.45, 2.75) is 19.9 Å². The predicted molar refractivity (Wildman–Crippen MR) is 80.3 cm³/mol. The van der Waals surface area contributed by atoms with Crippen molar-refractivity contribution in [3.8, 4) is 0 Å². The van der Waals surface area contributed by atoms with E-state index in [1.165, 1.54) is 0 Å². The lowest BCUT2D eigenvalue weighted by atomic mass is 10.1. The van der Waals surface area contributed by atoms with Crippen molar-refractivity contribution < 1.29 is 0 Å². The zero-order valence-corrected chi connectivity index (χ0v) is 12.7. The van der Waals surface area contributed by atoms with Gasteiger partial charge in [0, 0.05) is 12.1 Å². The highest BCUT2D eigenvalue weighted by Gasteiger charge is 2.09. The van der Waals surface area contributed by atoms with Crippen LogP contribution in [-0.2, 0) is 0 Å². The van der Waals surface area contributed by atoms with E-state index >= 15 is 0 Å². The van der Waals surface area contributed by atoms with Crippen LogP contribution in [0, 0.1) is 6.92 Å². The van der Waals surface area contributed by atoms with E-state index in [0.29, 0.717) is 26.8 Å². The maximum Gasteiger partial charge on any atom is 0.134 e. The molecular weight excluding hydrogens is 305 g/mol. The van der Waals surface area contributed by atoms with Crippen molar-refractivity contribution in [1.29, 1.82) is 0 Å². The molecule has 2 aromatic rings. The molecule has 0 aliphatic rings. The summed E-state index contributed by atoms with van der Waals surface area (Å²) in [7, 11) is 0.